The SMILES string of the molecule is [CH2]CC(O)Oc1ccc2ccccc2c1. The standard InChI is InChI=1S/C13H13O2/c1-2-13(14)15-12-8-7-10-5-3-4-6-11(10)9-12/h3-9,13-14H,1-2H2. The summed E-state index contributed by atoms with van der Waals surface area (Å²) in [4.78, 5) is 0. The van der Waals surface area contributed by atoms with Crippen molar-refractivity contribution in [3.63, 3.8) is 0 Å². The van der Waals surface area contributed by atoms with Gasteiger partial charge in [0.15, 0.2) is 6.29 Å². The van der Waals surface area contributed by atoms with Gasteiger partial charge in [-0.3, -0.25) is 0 Å². The van der Waals surface area contributed by atoms with Crippen LogP contribution in [0.5, 0.6) is 5.75 Å². The molecule has 2 aromatic carbocycles. The Labute approximate surface area is 89.1 Å². The van der Waals surface area contributed by atoms with Gasteiger partial charge in [0.25, 0.3) is 0 Å². The molecule has 2 aromatic rings. The van der Waals surface area contributed by atoms with E-state index in [1.165, 1.54) is 0 Å². The molecule has 2 nitrogen and oxygen atoms in total. The van der Waals surface area contributed by atoms with Crippen LogP contribution in [0.3, 0.4) is 0 Å². The average Bonchev–Trinajstić information content (AvgIpc) is 2.29. The van der Waals surface area contributed by atoms with Crippen LogP contribution in [0, 0.1) is 6.92 Å². The Morgan fingerprint density at radius 2 is 1.87 bits per heavy atom. The van der Waals surface area contributed by atoms with Gasteiger partial charge in [0.2, 0.25) is 0 Å². The summed E-state index contributed by atoms with van der Waals surface area (Å²) < 4.78 is 5.26. The monoisotopic (exact) mass is 201 g/mol. The summed E-state index contributed by atoms with van der Waals surface area (Å²) in [6.45, 7) is 3.57. The lowest BCUT2D eigenvalue weighted by Crippen LogP contribution is -2.13. The molecule has 77 valence electrons. The molecule has 0 amide bonds. The lowest BCUT2D eigenvalue weighted by atomic mass is 10.1. The van der Waals surface area contributed by atoms with Gasteiger partial charge in [-0.2, -0.15) is 0 Å². The number of aliphatic hydroxyl groups is 1. The maximum Gasteiger partial charge on any atom is 0.197 e. The lowest BCUT2D eigenvalue weighted by molar-refractivity contribution is -0.0141. The van der Waals surface area contributed by atoms with Gasteiger partial charge in [0.05, 0.1) is 0 Å². The third kappa shape index (κ3) is 2.28. The van der Waals surface area contributed by atoms with Gasteiger partial charge in [-0.25, -0.2) is 0 Å². The maximum atomic E-state index is 9.30. The molecule has 0 saturated heterocycles. The van der Waals surface area contributed by atoms with Crippen molar-refractivity contribution in [1.82, 2.24) is 0 Å². The van der Waals surface area contributed by atoms with E-state index in [0.717, 1.165) is 10.8 Å². The highest BCUT2D eigenvalue weighted by Gasteiger charge is 2.02. The van der Waals surface area contributed by atoms with Crippen molar-refractivity contribution in [1.29, 1.82) is 0 Å². The zero-order valence-corrected chi connectivity index (χ0v) is 8.39. The third-order valence-electron chi connectivity index (χ3n) is 2.24. The average molecular weight is 201 g/mol. The molecule has 1 radical (unpaired) electrons. The van der Waals surface area contributed by atoms with Crippen molar-refractivity contribution in [3.05, 3.63) is 49.4 Å². The summed E-state index contributed by atoms with van der Waals surface area (Å²) in [5.41, 5.74) is 0. The van der Waals surface area contributed by atoms with E-state index in [4.69, 9.17) is 4.74 Å². The van der Waals surface area contributed by atoms with Crippen LogP contribution in [0.1, 0.15) is 6.42 Å². The van der Waals surface area contributed by atoms with Gasteiger partial charge in [-0.1, -0.05) is 30.3 Å². The van der Waals surface area contributed by atoms with Crippen LogP contribution in [0.4, 0.5) is 0 Å². The Morgan fingerprint density at radius 3 is 2.60 bits per heavy atom. The van der Waals surface area contributed by atoms with Gasteiger partial charge in [-0.15, -0.1) is 0 Å². The Bertz CT molecular complexity index is 451. The van der Waals surface area contributed by atoms with Gasteiger partial charge < -0.3 is 9.84 Å². The molecule has 0 aromatic heterocycles. The number of rotatable bonds is 3. The number of benzene rings is 2. The van der Waals surface area contributed by atoms with Gasteiger partial charge in [0.1, 0.15) is 5.75 Å². The minimum Gasteiger partial charge on any atom is -0.465 e. The molecule has 2 rings (SSSR count). The lowest BCUT2D eigenvalue weighted by Gasteiger charge is -2.11. The number of aliphatic hydroxyl groups excluding tert-OH is 1. The summed E-state index contributed by atoms with van der Waals surface area (Å²) in [7, 11) is 0. The van der Waals surface area contributed by atoms with Crippen molar-refractivity contribution >= 4 is 10.8 Å². The highest BCUT2D eigenvalue weighted by Crippen LogP contribution is 2.21. The topological polar surface area (TPSA) is 29.5 Å². The number of ether oxygens (including phenoxy) is 1. The largest absolute Gasteiger partial charge is 0.465 e. The summed E-state index contributed by atoms with van der Waals surface area (Å²) >= 11 is 0. The van der Waals surface area contributed by atoms with Crippen LogP contribution in [-0.2, 0) is 0 Å². The van der Waals surface area contributed by atoms with Crippen LogP contribution >= 0.6 is 0 Å². The fourth-order valence-corrected chi connectivity index (χ4v) is 1.46. The van der Waals surface area contributed by atoms with Crippen molar-refractivity contribution in [2.24, 2.45) is 0 Å². The van der Waals surface area contributed by atoms with E-state index in [-0.39, 0.29) is 0 Å². The number of hydrogen-bond donors (Lipinski definition) is 1. The first-order chi connectivity index (χ1) is 7.29. The van der Waals surface area contributed by atoms with Gasteiger partial charge in [-0.05, 0) is 29.8 Å². The van der Waals surface area contributed by atoms with E-state index in [2.05, 4.69) is 6.92 Å². The molecule has 0 saturated carbocycles. The van der Waals surface area contributed by atoms with Crippen molar-refractivity contribution in [2.75, 3.05) is 0 Å². The predicted octanol–water partition coefficient (Wildman–Crippen LogP) is 2.76. The number of hydrogen-bond acceptors (Lipinski definition) is 2. The van der Waals surface area contributed by atoms with Crippen molar-refractivity contribution in [3.8, 4) is 5.75 Å². The molecule has 0 aliphatic carbocycles. The molecule has 1 unspecified atom stereocenters. The van der Waals surface area contributed by atoms with Crippen LogP contribution in [0.2, 0.25) is 0 Å². The van der Waals surface area contributed by atoms with E-state index in [1.807, 2.05) is 42.5 Å². The number of fused-ring (bicyclic) bond motifs is 1. The summed E-state index contributed by atoms with van der Waals surface area (Å²) in [5, 5.41) is 11.6. The molecule has 2 heteroatoms. The smallest absolute Gasteiger partial charge is 0.197 e. The highest BCUT2D eigenvalue weighted by atomic mass is 16.6. The summed E-state index contributed by atoms with van der Waals surface area (Å²) in [6.07, 6.45) is -0.488. The van der Waals surface area contributed by atoms with Crippen LogP contribution in [0.25, 0.3) is 10.8 Å². The van der Waals surface area contributed by atoms with Gasteiger partial charge in [0, 0.05) is 6.42 Å². The second-order valence-electron chi connectivity index (χ2n) is 3.37. The zero-order chi connectivity index (χ0) is 10.7. The molecular formula is C13H13O2. The second-order valence-corrected chi connectivity index (χ2v) is 3.37. The van der Waals surface area contributed by atoms with E-state index in [0.29, 0.717) is 12.2 Å². The Morgan fingerprint density at radius 1 is 1.13 bits per heavy atom. The quantitative estimate of drug-likeness (QED) is 0.774. The van der Waals surface area contributed by atoms with Crippen molar-refractivity contribution < 1.29 is 9.84 Å². The zero-order valence-electron chi connectivity index (χ0n) is 8.39. The minimum atomic E-state index is -0.828. The second kappa shape index (κ2) is 4.32. The van der Waals surface area contributed by atoms with Crippen molar-refractivity contribution in [2.45, 2.75) is 12.7 Å². The first-order valence-electron chi connectivity index (χ1n) is 4.92. The Kier molecular flexibility index (Phi) is 2.88. The van der Waals surface area contributed by atoms with E-state index in [9.17, 15) is 5.11 Å². The maximum absolute atomic E-state index is 9.30. The summed E-state index contributed by atoms with van der Waals surface area (Å²) in [5.74, 6) is 0.671. The highest BCUT2D eigenvalue weighted by molar-refractivity contribution is 5.83. The predicted molar refractivity (Wildman–Crippen MR) is 60.6 cm³/mol. The van der Waals surface area contributed by atoms with Crippen LogP contribution < -0.4 is 4.74 Å². The fourth-order valence-electron chi connectivity index (χ4n) is 1.46. The fraction of sp³-hybridized carbons (Fsp3) is 0.154. The molecule has 0 spiro atoms. The van der Waals surface area contributed by atoms with Crippen LogP contribution in [-0.4, -0.2) is 11.4 Å². The van der Waals surface area contributed by atoms with E-state index in [1.54, 1.807) is 0 Å². The molecule has 0 aliphatic heterocycles. The molecule has 1 N–H and O–H groups in total. The van der Waals surface area contributed by atoms with Gasteiger partial charge >= 0.3 is 0 Å². The third-order valence-corrected chi connectivity index (χ3v) is 2.24. The normalized spacial score (nSPS) is 12.7. The molecule has 0 fully saturated rings. The molecule has 0 heterocycles. The van der Waals surface area contributed by atoms with Crippen LogP contribution in [0.15, 0.2) is 42.5 Å². The van der Waals surface area contributed by atoms with E-state index >= 15 is 0 Å². The summed E-state index contributed by atoms with van der Waals surface area (Å²) in [6, 6.07) is 13.8. The molecule has 15 heavy (non-hydrogen) atoms. The molecular weight excluding hydrogens is 188 g/mol. The molecule has 0 aliphatic rings. The Balaban J connectivity index is 2.30. The first kappa shape index (κ1) is 9.99. The first-order valence-corrected chi connectivity index (χ1v) is 4.92. The molecule has 0 bridgehead atoms. The minimum absolute atomic E-state index is 0.340. The Hall–Kier alpha value is -1.54. The molecule has 1 atom stereocenters. The van der Waals surface area contributed by atoms with E-state index < -0.39 is 6.29 Å².